The van der Waals surface area contributed by atoms with Crippen LogP contribution in [0.4, 0.5) is 4.79 Å². The summed E-state index contributed by atoms with van der Waals surface area (Å²) >= 11 is 0. The van der Waals surface area contributed by atoms with Gasteiger partial charge in [0.05, 0.1) is 5.41 Å². The second-order valence-electron chi connectivity index (χ2n) is 9.54. The van der Waals surface area contributed by atoms with E-state index in [0.29, 0.717) is 31.3 Å². The van der Waals surface area contributed by atoms with Crippen LogP contribution in [0.2, 0.25) is 0 Å². The predicted molar refractivity (Wildman–Crippen MR) is 111 cm³/mol. The Hall–Kier alpha value is -2.08. The van der Waals surface area contributed by atoms with Crippen molar-refractivity contribution in [3.8, 4) is 0 Å². The van der Waals surface area contributed by atoms with Crippen LogP contribution in [0.1, 0.15) is 38.7 Å². The number of rotatable bonds is 4. The standard InChI is InChI=1S/C23H33N3O3/c1-16-11-25(13-18-7-4-3-5-8-18)12-17(2)20(16)24-22(29)26-14-19-9-6-10-23(19,15-26)21(27)28/h3-5,7-8,16-17,19-20H,6,9-15H2,1-2H3,(H,24,29)(H,27,28)/t16?,17?,19-,20?,23+/m0/s1. The van der Waals surface area contributed by atoms with E-state index in [1.807, 2.05) is 6.07 Å². The highest BCUT2D eigenvalue weighted by atomic mass is 16.4. The molecule has 1 aliphatic carbocycles. The number of aliphatic carboxylic acids is 1. The van der Waals surface area contributed by atoms with E-state index in [1.165, 1.54) is 5.56 Å². The molecule has 0 spiro atoms. The zero-order valence-corrected chi connectivity index (χ0v) is 17.5. The van der Waals surface area contributed by atoms with E-state index < -0.39 is 11.4 Å². The maximum Gasteiger partial charge on any atom is 0.317 e. The van der Waals surface area contributed by atoms with Crippen molar-refractivity contribution in [2.75, 3.05) is 26.2 Å². The number of nitrogens with one attached hydrogen (secondary N) is 1. The molecule has 1 saturated carbocycles. The Kier molecular flexibility index (Phi) is 5.56. The monoisotopic (exact) mass is 399 g/mol. The number of nitrogens with zero attached hydrogens (tertiary/aromatic N) is 2. The minimum atomic E-state index is -0.730. The van der Waals surface area contributed by atoms with Gasteiger partial charge in [-0.3, -0.25) is 9.69 Å². The average Bonchev–Trinajstić information content (AvgIpc) is 3.24. The molecule has 6 heteroatoms. The summed E-state index contributed by atoms with van der Waals surface area (Å²) in [7, 11) is 0. The molecule has 2 aliphatic heterocycles. The third kappa shape index (κ3) is 3.87. The third-order valence-electron chi connectivity index (χ3n) is 7.44. The molecule has 0 aromatic heterocycles. The molecule has 158 valence electrons. The van der Waals surface area contributed by atoms with Crippen LogP contribution >= 0.6 is 0 Å². The van der Waals surface area contributed by atoms with Crippen LogP contribution in [0.25, 0.3) is 0 Å². The molecule has 2 unspecified atom stereocenters. The van der Waals surface area contributed by atoms with Gasteiger partial charge in [-0.15, -0.1) is 0 Å². The number of carboxylic acids is 1. The number of hydrogen-bond donors (Lipinski definition) is 2. The number of carbonyl (C=O) groups is 2. The number of carboxylic acid groups (broad SMARTS) is 1. The minimum Gasteiger partial charge on any atom is -0.481 e. The number of piperidine rings is 1. The van der Waals surface area contributed by atoms with Gasteiger partial charge in [0.15, 0.2) is 0 Å². The smallest absolute Gasteiger partial charge is 0.317 e. The van der Waals surface area contributed by atoms with Crippen molar-refractivity contribution in [2.45, 2.75) is 45.7 Å². The fraction of sp³-hybridized carbons (Fsp3) is 0.652. The lowest BCUT2D eigenvalue weighted by Crippen LogP contribution is -2.56. The molecule has 4 atom stereocenters. The van der Waals surface area contributed by atoms with Gasteiger partial charge in [0.1, 0.15) is 0 Å². The lowest BCUT2D eigenvalue weighted by atomic mass is 9.81. The molecule has 0 radical (unpaired) electrons. The number of amides is 2. The van der Waals surface area contributed by atoms with Gasteiger partial charge in [0, 0.05) is 38.8 Å². The van der Waals surface area contributed by atoms with Crippen LogP contribution < -0.4 is 5.32 Å². The summed E-state index contributed by atoms with van der Waals surface area (Å²) in [5, 5.41) is 13.0. The zero-order valence-electron chi connectivity index (χ0n) is 17.5. The lowest BCUT2D eigenvalue weighted by molar-refractivity contribution is -0.149. The summed E-state index contributed by atoms with van der Waals surface area (Å²) in [6.45, 7) is 8.18. The van der Waals surface area contributed by atoms with Gasteiger partial charge >= 0.3 is 12.0 Å². The maximum atomic E-state index is 13.0. The van der Waals surface area contributed by atoms with Gasteiger partial charge < -0.3 is 15.3 Å². The Balaban J connectivity index is 1.35. The number of carbonyl (C=O) groups excluding carboxylic acids is 1. The molecule has 3 fully saturated rings. The SMILES string of the molecule is CC1CN(Cc2ccccc2)CC(C)C1NC(=O)N1C[C@@H]2CCC[C@@]2(C(=O)O)C1. The quantitative estimate of drug-likeness (QED) is 0.816. The van der Waals surface area contributed by atoms with Crippen LogP contribution in [0.15, 0.2) is 30.3 Å². The van der Waals surface area contributed by atoms with Gasteiger partial charge in [-0.1, -0.05) is 50.6 Å². The number of likely N-dealkylation sites (tertiary alicyclic amines) is 2. The summed E-state index contributed by atoms with van der Waals surface area (Å²) in [5.41, 5.74) is 0.602. The minimum absolute atomic E-state index is 0.0831. The molecule has 29 heavy (non-hydrogen) atoms. The van der Waals surface area contributed by atoms with Crippen molar-refractivity contribution in [2.24, 2.45) is 23.2 Å². The van der Waals surface area contributed by atoms with Crippen LogP contribution in [0.3, 0.4) is 0 Å². The summed E-state index contributed by atoms with van der Waals surface area (Å²) in [4.78, 5) is 29.1. The first-order chi connectivity index (χ1) is 13.9. The van der Waals surface area contributed by atoms with Crippen molar-refractivity contribution in [3.05, 3.63) is 35.9 Å². The Morgan fingerprint density at radius 3 is 2.45 bits per heavy atom. The first-order valence-corrected chi connectivity index (χ1v) is 10.9. The zero-order chi connectivity index (χ0) is 20.6. The Bertz CT molecular complexity index is 743. The molecule has 4 rings (SSSR count). The highest BCUT2D eigenvalue weighted by molar-refractivity contribution is 5.80. The van der Waals surface area contributed by atoms with Crippen molar-refractivity contribution >= 4 is 12.0 Å². The van der Waals surface area contributed by atoms with E-state index in [9.17, 15) is 14.7 Å². The third-order valence-corrected chi connectivity index (χ3v) is 7.44. The van der Waals surface area contributed by atoms with Crippen LogP contribution in [-0.2, 0) is 11.3 Å². The van der Waals surface area contributed by atoms with Gasteiger partial charge in [0.25, 0.3) is 0 Å². The van der Waals surface area contributed by atoms with Crippen molar-refractivity contribution in [1.82, 2.24) is 15.1 Å². The first kappa shape index (κ1) is 20.2. The van der Waals surface area contributed by atoms with E-state index in [2.05, 4.69) is 48.3 Å². The Morgan fingerprint density at radius 2 is 1.83 bits per heavy atom. The fourth-order valence-corrected chi connectivity index (χ4v) is 5.96. The predicted octanol–water partition coefficient (Wildman–Crippen LogP) is 3.04. The molecular formula is C23H33N3O3. The number of urea groups is 1. The van der Waals surface area contributed by atoms with Gasteiger partial charge in [-0.05, 0) is 36.2 Å². The molecule has 2 N–H and O–H groups in total. The number of hydrogen-bond acceptors (Lipinski definition) is 3. The maximum absolute atomic E-state index is 13.0. The summed E-state index contributed by atoms with van der Waals surface area (Å²) in [5.74, 6) is 0.0727. The van der Waals surface area contributed by atoms with E-state index in [0.717, 1.165) is 32.5 Å². The lowest BCUT2D eigenvalue weighted by Gasteiger charge is -2.42. The second kappa shape index (κ2) is 7.98. The van der Waals surface area contributed by atoms with Crippen molar-refractivity contribution < 1.29 is 14.7 Å². The van der Waals surface area contributed by atoms with Crippen LogP contribution in [-0.4, -0.2) is 59.1 Å². The fourth-order valence-electron chi connectivity index (χ4n) is 5.96. The average molecular weight is 400 g/mol. The van der Waals surface area contributed by atoms with E-state index in [4.69, 9.17) is 0 Å². The summed E-state index contributed by atoms with van der Waals surface area (Å²) < 4.78 is 0. The van der Waals surface area contributed by atoms with E-state index in [1.54, 1.807) is 4.90 Å². The van der Waals surface area contributed by atoms with Crippen LogP contribution in [0.5, 0.6) is 0 Å². The molecule has 2 amide bonds. The normalized spacial score (nSPS) is 34.8. The molecule has 6 nitrogen and oxygen atoms in total. The molecule has 2 saturated heterocycles. The first-order valence-electron chi connectivity index (χ1n) is 10.9. The van der Waals surface area contributed by atoms with Gasteiger partial charge in [-0.25, -0.2) is 4.79 Å². The highest BCUT2D eigenvalue weighted by Crippen LogP contribution is 2.48. The summed E-state index contributed by atoms with van der Waals surface area (Å²) in [6.07, 6.45) is 2.57. The van der Waals surface area contributed by atoms with Gasteiger partial charge in [0.2, 0.25) is 0 Å². The highest BCUT2D eigenvalue weighted by Gasteiger charge is 2.56. The molecular weight excluding hydrogens is 366 g/mol. The van der Waals surface area contributed by atoms with Crippen LogP contribution in [0, 0.1) is 23.2 Å². The largest absolute Gasteiger partial charge is 0.481 e. The molecule has 3 aliphatic rings. The van der Waals surface area contributed by atoms with E-state index >= 15 is 0 Å². The summed E-state index contributed by atoms with van der Waals surface area (Å²) in [6, 6.07) is 10.5. The van der Waals surface area contributed by atoms with E-state index in [-0.39, 0.29) is 18.0 Å². The molecule has 1 aromatic carbocycles. The number of benzene rings is 1. The molecule has 0 bridgehead atoms. The second-order valence-corrected chi connectivity index (χ2v) is 9.54. The topological polar surface area (TPSA) is 72.9 Å². The molecule has 2 heterocycles. The Labute approximate surface area is 173 Å². The number of fused-ring (bicyclic) bond motifs is 1. The van der Waals surface area contributed by atoms with Crippen molar-refractivity contribution in [1.29, 1.82) is 0 Å². The molecule has 1 aromatic rings. The van der Waals surface area contributed by atoms with Crippen molar-refractivity contribution in [3.63, 3.8) is 0 Å². The Morgan fingerprint density at radius 1 is 1.14 bits per heavy atom. The van der Waals surface area contributed by atoms with Gasteiger partial charge in [-0.2, -0.15) is 0 Å².